The van der Waals surface area contributed by atoms with Crippen molar-refractivity contribution in [1.29, 1.82) is 0 Å². The Morgan fingerprint density at radius 2 is 1.10 bits per heavy atom. The number of rotatable bonds is 21. The van der Waals surface area contributed by atoms with Crippen molar-refractivity contribution in [1.82, 2.24) is 0 Å². The minimum atomic E-state index is 0. The number of nitrogens with zero attached hydrogens (tertiary/aromatic N) is 5. The zero-order valence-corrected chi connectivity index (χ0v) is 55.1. The van der Waals surface area contributed by atoms with Gasteiger partial charge in [0.05, 0.1) is 5.41 Å². The molecule has 4 aliphatic heterocycles. The van der Waals surface area contributed by atoms with Crippen molar-refractivity contribution in [2.75, 3.05) is 40.9 Å². The highest BCUT2D eigenvalue weighted by molar-refractivity contribution is 6.03. The Balaban J connectivity index is 0.000000231. The average molecular weight is 1320 g/mol. The van der Waals surface area contributed by atoms with Crippen molar-refractivity contribution < 1.29 is 57.1 Å². The van der Waals surface area contributed by atoms with Gasteiger partial charge in [-0.2, -0.15) is 9.14 Å². The highest BCUT2D eigenvalue weighted by Gasteiger charge is 2.44. The summed E-state index contributed by atoms with van der Waals surface area (Å²) in [6.45, 7) is 25.8. The molecule has 5 aromatic carbocycles. The van der Waals surface area contributed by atoms with Crippen molar-refractivity contribution in [2.45, 2.75) is 150 Å². The number of anilines is 3. The Morgan fingerprint density at radius 1 is 0.524 bits per heavy atom. The second-order valence-electron chi connectivity index (χ2n) is 23.2. The fraction of sp³-hybridized carbons (Fsp3) is 0.360. The van der Waals surface area contributed by atoms with Gasteiger partial charge in [0, 0.05) is 107 Å². The molecule has 1 aromatic heterocycles. The molecule has 0 amide bonds. The third kappa shape index (κ3) is 14.2. The van der Waals surface area contributed by atoms with Gasteiger partial charge < -0.3 is 62.7 Å². The standard InChI is InChI=1S/C38H38N3.C37H53N2.2HI/c1-4-39-33(24-20-30-13-7-10-16-36(30)39)23-19-29(27-34-25-21-31-14-8-11-17-37(31)40(34)5-2)28-35-26-22-32-15-9-12-18-38(32)41(35)6-3;1-7-9-11-13-19-28-38-32-24-17-15-22-30(32)36(3,4)34(38)26-21-27-35-37(5,6)31-23-16-18-25-33(31)39(35)29-20-14-12-10-8-2;;/h7-18,20-28H,4-6,19H2,1-3H3;15-18,21-27H,7-14,19-20,28-29H2,1-6H3;2*1H/q2*+1;;/p-2/b33-23-;;;. The predicted octanol–water partition coefficient (Wildman–Crippen LogP) is 13.0. The molecule has 0 saturated heterocycles. The van der Waals surface area contributed by atoms with E-state index in [1.165, 1.54) is 154 Å². The smallest absolute Gasteiger partial charge is 0.212 e. The van der Waals surface area contributed by atoms with E-state index in [2.05, 4.69) is 280 Å². The molecule has 0 saturated carbocycles. The highest BCUT2D eigenvalue weighted by atomic mass is 127. The lowest BCUT2D eigenvalue weighted by atomic mass is 9.81. The van der Waals surface area contributed by atoms with E-state index in [1.54, 1.807) is 0 Å². The van der Waals surface area contributed by atoms with Gasteiger partial charge in [0.15, 0.2) is 5.71 Å². The first-order valence-corrected chi connectivity index (χ1v) is 30.7. The summed E-state index contributed by atoms with van der Waals surface area (Å²) in [4.78, 5) is 7.44. The van der Waals surface area contributed by atoms with Crippen LogP contribution < -0.4 is 67.2 Å². The van der Waals surface area contributed by atoms with Gasteiger partial charge in [0.1, 0.15) is 13.1 Å². The summed E-state index contributed by atoms with van der Waals surface area (Å²) in [6, 6.07) is 48.6. The van der Waals surface area contributed by atoms with E-state index in [1.807, 2.05) is 0 Å². The van der Waals surface area contributed by atoms with E-state index in [9.17, 15) is 0 Å². The lowest BCUT2D eigenvalue weighted by Crippen LogP contribution is -3.00. The Kier molecular flexibility index (Phi) is 23.5. The lowest BCUT2D eigenvalue weighted by Gasteiger charge is -2.30. The molecule has 0 radical (unpaired) electrons. The highest BCUT2D eigenvalue weighted by Crippen LogP contribution is 2.48. The Morgan fingerprint density at radius 3 is 1.77 bits per heavy atom. The number of hydrogen-bond acceptors (Lipinski definition) is 3. The van der Waals surface area contributed by atoms with E-state index in [4.69, 9.17) is 0 Å². The maximum absolute atomic E-state index is 2.61. The van der Waals surface area contributed by atoms with Gasteiger partial charge in [0.25, 0.3) is 0 Å². The zero-order chi connectivity index (χ0) is 56.1. The van der Waals surface area contributed by atoms with Crippen LogP contribution in [0.25, 0.3) is 29.1 Å². The molecule has 430 valence electrons. The summed E-state index contributed by atoms with van der Waals surface area (Å²) in [5.74, 6) is 0. The van der Waals surface area contributed by atoms with Crippen LogP contribution in [-0.2, 0) is 17.4 Å². The largest absolute Gasteiger partial charge is 1.00 e. The number of unbranched alkanes of at least 4 members (excludes halogenated alkanes) is 8. The van der Waals surface area contributed by atoms with Crippen molar-refractivity contribution in [3.8, 4) is 0 Å². The topological polar surface area (TPSA) is 16.6 Å². The summed E-state index contributed by atoms with van der Waals surface area (Å²) in [5.41, 5.74) is 19.8. The van der Waals surface area contributed by atoms with E-state index < -0.39 is 0 Å². The van der Waals surface area contributed by atoms with E-state index in [0.29, 0.717) is 0 Å². The monoisotopic (exact) mass is 1320 g/mol. The minimum Gasteiger partial charge on any atom is -1.00 e. The number of aryl methyl sites for hydroxylation is 1. The van der Waals surface area contributed by atoms with Crippen LogP contribution in [0.3, 0.4) is 0 Å². The Bertz CT molecular complexity index is 3380. The van der Waals surface area contributed by atoms with Gasteiger partial charge >= 0.3 is 0 Å². The van der Waals surface area contributed by atoms with Gasteiger partial charge in [-0.3, -0.25) is 0 Å². The average Bonchev–Trinajstić information content (AvgIpc) is 2.87. The molecule has 10 rings (SSSR count). The van der Waals surface area contributed by atoms with Gasteiger partial charge in [-0.15, -0.1) is 0 Å². The van der Waals surface area contributed by atoms with Crippen LogP contribution in [-0.4, -0.2) is 36.5 Å². The molecule has 6 aromatic rings. The maximum Gasteiger partial charge on any atom is 0.212 e. The molecular formula is C75H91I2N5. The molecule has 0 N–H and O–H groups in total. The van der Waals surface area contributed by atoms with Gasteiger partial charge in [-0.25, -0.2) is 0 Å². The number of halogens is 2. The Hall–Kier alpha value is -5.78. The van der Waals surface area contributed by atoms with Gasteiger partial charge in [-0.05, 0) is 131 Å². The number of para-hydroxylation sites is 5. The molecule has 5 heterocycles. The first-order valence-electron chi connectivity index (χ1n) is 30.7. The molecule has 4 aliphatic rings. The van der Waals surface area contributed by atoms with Crippen molar-refractivity contribution in [3.05, 3.63) is 227 Å². The van der Waals surface area contributed by atoms with Crippen molar-refractivity contribution in [3.63, 3.8) is 0 Å². The van der Waals surface area contributed by atoms with Gasteiger partial charge in [-0.1, -0.05) is 182 Å². The van der Waals surface area contributed by atoms with Crippen molar-refractivity contribution >= 4 is 57.6 Å². The summed E-state index contributed by atoms with van der Waals surface area (Å²) >= 11 is 0. The molecule has 0 spiro atoms. The number of likely N-dealkylation sites (N-methyl/N-ethyl adjacent to an activating group) is 2. The number of pyridine rings is 1. The predicted molar refractivity (Wildman–Crippen MR) is 346 cm³/mol. The second-order valence-corrected chi connectivity index (χ2v) is 23.2. The Labute approximate surface area is 528 Å². The lowest BCUT2D eigenvalue weighted by molar-refractivity contribution is -0.669. The number of fused-ring (bicyclic) bond motifs is 5. The molecule has 0 aliphatic carbocycles. The molecule has 82 heavy (non-hydrogen) atoms. The van der Waals surface area contributed by atoms with Gasteiger partial charge in [0.2, 0.25) is 16.9 Å². The SMILES string of the molecule is CCCCCCCN1C(=CC=CC2=[N+](CCCCCCC)c3ccccc3C2(C)C)C(C)(C)c2ccccc21.CCN1C(=CC(=Cc2ccc3ccccc3[n+]2CC)C/C=C2/C=Cc3ccccc3N2CC)C=Cc2ccccc21.[I-].[I-]. The second kappa shape index (κ2) is 30.2. The quantitative estimate of drug-likeness (QED) is 0.0406. The molecule has 0 bridgehead atoms. The first-order chi connectivity index (χ1) is 39.0. The molecule has 0 atom stereocenters. The summed E-state index contributed by atoms with van der Waals surface area (Å²) in [5, 5.41) is 1.27. The molecule has 0 unspecified atom stereocenters. The normalized spacial score (nSPS) is 17.0. The maximum atomic E-state index is 2.61. The van der Waals surface area contributed by atoms with Crippen LogP contribution in [0, 0.1) is 0 Å². The number of allylic oxidation sites excluding steroid dienone is 9. The minimum absolute atomic E-state index is 0. The van der Waals surface area contributed by atoms with Crippen LogP contribution in [0.1, 0.15) is 161 Å². The molecule has 0 fully saturated rings. The summed E-state index contributed by atoms with van der Waals surface area (Å²) in [7, 11) is 0. The molecule has 7 heteroatoms. The van der Waals surface area contributed by atoms with Crippen LogP contribution in [0.15, 0.2) is 199 Å². The van der Waals surface area contributed by atoms with Crippen LogP contribution >= 0.6 is 0 Å². The van der Waals surface area contributed by atoms with E-state index in [-0.39, 0.29) is 58.8 Å². The number of benzene rings is 5. The third-order valence-electron chi connectivity index (χ3n) is 17.2. The fourth-order valence-electron chi connectivity index (χ4n) is 12.8. The third-order valence-corrected chi connectivity index (χ3v) is 17.2. The number of hydrogen-bond donors (Lipinski definition) is 0. The van der Waals surface area contributed by atoms with E-state index in [0.717, 1.165) is 39.1 Å². The zero-order valence-electron chi connectivity index (χ0n) is 50.8. The van der Waals surface area contributed by atoms with Crippen molar-refractivity contribution in [2.24, 2.45) is 0 Å². The van der Waals surface area contributed by atoms with Crippen LogP contribution in [0.4, 0.5) is 22.7 Å². The fourth-order valence-corrected chi connectivity index (χ4v) is 12.8. The summed E-state index contributed by atoms with van der Waals surface area (Å²) in [6.07, 6.45) is 37.2. The van der Waals surface area contributed by atoms with Crippen LogP contribution in [0.5, 0.6) is 0 Å². The molecule has 5 nitrogen and oxygen atoms in total. The van der Waals surface area contributed by atoms with Crippen LogP contribution in [0.2, 0.25) is 0 Å². The summed E-state index contributed by atoms with van der Waals surface area (Å²) < 4.78 is 5.02. The van der Waals surface area contributed by atoms with E-state index >= 15 is 0 Å². The number of aromatic nitrogens is 1. The first kappa shape index (κ1) is 63.8. The molecular weight excluding hydrogens is 1220 g/mol.